The maximum atomic E-state index is 12.3. The van der Waals surface area contributed by atoms with Crippen LogP contribution in [0.25, 0.3) is 0 Å². The second-order valence-electron chi connectivity index (χ2n) is 12.0. The largest absolute Gasteiger partial charge is 0.476 e. The monoisotopic (exact) mass is 380 g/mol. The molecule has 1 heterocycles. The van der Waals surface area contributed by atoms with Crippen molar-refractivity contribution >= 4 is 5.97 Å². The molecule has 0 atom stereocenters. The maximum absolute atomic E-state index is 12.3. The molecule has 8 aliphatic rings. The van der Waals surface area contributed by atoms with Crippen molar-refractivity contribution in [3.63, 3.8) is 0 Å². The van der Waals surface area contributed by atoms with Gasteiger partial charge in [0, 0.05) is 17.2 Å². The van der Waals surface area contributed by atoms with E-state index in [-0.39, 0.29) is 11.0 Å². The van der Waals surface area contributed by atoms with Crippen LogP contribution in [0.3, 0.4) is 0 Å². The van der Waals surface area contributed by atoms with Gasteiger partial charge in [-0.3, -0.25) is 4.68 Å². The molecule has 9 rings (SSSR count). The molecule has 1 aromatic heterocycles. The fourth-order valence-corrected chi connectivity index (χ4v) is 9.95. The van der Waals surface area contributed by atoms with Gasteiger partial charge in [0.05, 0.1) is 5.54 Å². The zero-order valence-electron chi connectivity index (χ0n) is 16.8. The normalized spacial score (nSPS) is 50.4. The highest BCUT2D eigenvalue weighted by atomic mass is 16.4. The van der Waals surface area contributed by atoms with Crippen LogP contribution >= 0.6 is 0 Å². The molecule has 4 heteroatoms. The van der Waals surface area contributed by atoms with Gasteiger partial charge in [0.15, 0.2) is 5.69 Å². The Morgan fingerprint density at radius 1 is 0.821 bits per heavy atom. The molecule has 0 saturated heterocycles. The van der Waals surface area contributed by atoms with Crippen LogP contribution in [0.15, 0.2) is 6.20 Å². The Labute approximate surface area is 167 Å². The number of aromatic nitrogens is 2. The summed E-state index contributed by atoms with van der Waals surface area (Å²) in [6.45, 7) is 0. The molecule has 1 N–H and O–H groups in total. The van der Waals surface area contributed by atoms with Gasteiger partial charge in [0.2, 0.25) is 0 Å². The van der Waals surface area contributed by atoms with E-state index in [2.05, 4.69) is 10.9 Å². The van der Waals surface area contributed by atoms with Crippen LogP contribution in [0, 0.1) is 35.5 Å². The van der Waals surface area contributed by atoms with E-state index >= 15 is 0 Å². The first kappa shape index (κ1) is 16.5. The van der Waals surface area contributed by atoms with E-state index in [4.69, 9.17) is 5.10 Å². The Hall–Kier alpha value is -1.32. The summed E-state index contributed by atoms with van der Waals surface area (Å²) < 4.78 is 2.22. The third kappa shape index (κ3) is 2.13. The fraction of sp³-hybridized carbons (Fsp3) is 0.833. The van der Waals surface area contributed by atoms with Crippen molar-refractivity contribution in [3.05, 3.63) is 17.5 Å². The average Bonchev–Trinajstić information content (AvgIpc) is 3.07. The minimum atomic E-state index is -0.797. The lowest BCUT2D eigenvalue weighted by atomic mass is 9.48. The van der Waals surface area contributed by atoms with Crippen molar-refractivity contribution in [2.45, 2.75) is 88.0 Å². The summed E-state index contributed by atoms with van der Waals surface area (Å²) in [7, 11) is 0. The molecular formula is C24H32N2O2. The summed E-state index contributed by atoms with van der Waals surface area (Å²) in [5.74, 6) is 4.25. The highest BCUT2D eigenvalue weighted by Gasteiger charge is 2.56. The van der Waals surface area contributed by atoms with E-state index in [1.807, 2.05) is 0 Å². The fourth-order valence-electron chi connectivity index (χ4n) is 9.95. The van der Waals surface area contributed by atoms with Gasteiger partial charge in [-0.1, -0.05) is 0 Å². The van der Waals surface area contributed by atoms with Crippen LogP contribution in [0.4, 0.5) is 0 Å². The number of carbonyl (C=O) groups is 1. The molecule has 0 aromatic carbocycles. The van der Waals surface area contributed by atoms with E-state index in [1.54, 1.807) is 0 Å². The number of aromatic carboxylic acids is 1. The molecule has 8 fully saturated rings. The highest BCUT2D eigenvalue weighted by Crippen LogP contribution is 2.62. The van der Waals surface area contributed by atoms with Crippen LogP contribution in [-0.4, -0.2) is 20.9 Å². The summed E-state index contributed by atoms with van der Waals surface area (Å²) in [6.07, 6.45) is 18.0. The first-order chi connectivity index (χ1) is 13.5. The van der Waals surface area contributed by atoms with Gasteiger partial charge in [0.1, 0.15) is 0 Å². The second-order valence-corrected chi connectivity index (χ2v) is 12.0. The Bertz CT molecular complexity index is 782. The molecule has 0 unspecified atom stereocenters. The van der Waals surface area contributed by atoms with Crippen LogP contribution in [0.5, 0.6) is 0 Å². The molecule has 4 nitrogen and oxygen atoms in total. The van der Waals surface area contributed by atoms with Gasteiger partial charge in [-0.05, 0) is 113 Å². The molecule has 8 saturated carbocycles. The predicted molar refractivity (Wildman–Crippen MR) is 105 cm³/mol. The number of nitrogens with zero attached hydrogens (tertiary/aromatic N) is 2. The first-order valence-electron chi connectivity index (χ1n) is 11.8. The van der Waals surface area contributed by atoms with Gasteiger partial charge in [0.25, 0.3) is 0 Å². The molecule has 0 radical (unpaired) electrons. The van der Waals surface area contributed by atoms with Crippen LogP contribution < -0.4 is 0 Å². The van der Waals surface area contributed by atoms with Crippen LogP contribution in [0.2, 0.25) is 0 Å². The number of carboxylic acid groups (broad SMARTS) is 1. The van der Waals surface area contributed by atoms with E-state index in [0.29, 0.717) is 5.69 Å². The SMILES string of the molecule is O=C(O)c1nn(C23CC4CC(CC(C4)C2)C3)cc1C12CC3CC(CC(C3)C1)C2. The summed E-state index contributed by atoms with van der Waals surface area (Å²) in [5.41, 5.74) is 1.76. The van der Waals surface area contributed by atoms with Gasteiger partial charge < -0.3 is 5.11 Å². The lowest BCUT2D eigenvalue weighted by Gasteiger charge is -2.57. The third-order valence-electron chi connectivity index (χ3n) is 10.0. The van der Waals surface area contributed by atoms with E-state index in [9.17, 15) is 9.90 Å². The van der Waals surface area contributed by atoms with Gasteiger partial charge in [-0.25, -0.2) is 4.79 Å². The topological polar surface area (TPSA) is 55.1 Å². The number of carboxylic acids is 1. The minimum absolute atomic E-state index is 0.114. The molecule has 1 aromatic rings. The Morgan fingerprint density at radius 3 is 1.68 bits per heavy atom. The number of hydrogen-bond donors (Lipinski definition) is 1. The van der Waals surface area contributed by atoms with Gasteiger partial charge in [-0.2, -0.15) is 5.10 Å². The Kier molecular flexibility index (Phi) is 3.08. The smallest absolute Gasteiger partial charge is 0.356 e. The quantitative estimate of drug-likeness (QED) is 0.805. The van der Waals surface area contributed by atoms with E-state index < -0.39 is 5.97 Å². The molecule has 28 heavy (non-hydrogen) atoms. The van der Waals surface area contributed by atoms with Gasteiger partial charge in [-0.15, -0.1) is 0 Å². The number of hydrogen-bond acceptors (Lipinski definition) is 2. The standard InChI is InChI=1S/C24H32N2O2/c27-22(28)21-20(23-7-14-1-15(8-23)3-16(2-14)9-23)13-26(25-21)24-10-17-4-18(11-24)6-19(5-17)12-24/h13-19H,1-12H2,(H,27,28). The predicted octanol–water partition coefficient (Wildman–Crippen LogP) is 4.97. The van der Waals surface area contributed by atoms with E-state index in [1.165, 1.54) is 77.0 Å². The summed E-state index contributed by atoms with van der Waals surface area (Å²) in [5, 5.41) is 15.0. The lowest BCUT2D eigenvalue weighted by molar-refractivity contribution is -0.0498. The molecule has 0 aliphatic heterocycles. The maximum Gasteiger partial charge on any atom is 0.356 e. The zero-order chi connectivity index (χ0) is 18.7. The second kappa shape index (κ2) is 5.23. The zero-order valence-corrected chi connectivity index (χ0v) is 16.8. The molecule has 8 bridgehead atoms. The van der Waals surface area contributed by atoms with E-state index in [0.717, 1.165) is 41.1 Å². The molecule has 0 amide bonds. The van der Waals surface area contributed by atoms with Gasteiger partial charge >= 0.3 is 5.97 Å². The summed E-state index contributed by atoms with van der Waals surface area (Å²) in [4.78, 5) is 12.3. The first-order valence-corrected chi connectivity index (χ1v) is 11.8. The van der Waals surface area contributed by atoms with Crippen molar-refractivity contribution in [3.8, 4) is 0 Å². The number of rotatable bonds is 3. The molecular weight excluding hydrogens is 348 g/mol. The van der Waals surface area contributed by atoms with Crippen LogP contribution in [-0.2, 0) is 11.0 Å². The van der Waals surface area contributed by atoms with Crippen molar-refractivity contribution in [2.75, 3.05) is 0 Å². The minimum Gasteiger partial charge on any atom is -0.476 e. The summed E-state index contributed by atoms with van der Waals surface area (Å²) in [6, 6.07) is 0. The van der Waals surface area contributed by atoms with Crippen molar-refractivity contribution in [1.82, 2.24) is 9.78 Å². The van der Waals surface area contributed by atoms with Crippen molar-refractivity contribution in [1.29, 1.82) is 0 Å². The van der Waals surface area contributed by atoms with Crippen LogP contribution in [0.1, 0.15) is 93.1 Å². The highest BCUT2D eigenvalue weighted by molar-refractivity contribution is 5.87. The third-order valence-corrected chi connectivity index (χ3v) is 10.0. The molecule has 0 spiro atoms. The average molecular weight is 381 g/mol. The van der Waals surface area contributed by atoms with Crippen molar-refractivity contribution < 1.29 is 9.90 Å². The Balaban J connectivity index is 1.33. The molecule has 150 valence electrons. The lowest BCUT2D eigenvalue weighted by Crippen LogP contribution is -2.52. The van der Waals surface area contributed by atoms with Crippen molar-refractivity contribution in [2.24, 2.45) is 35.5 Å². The Morgan fingerprint density at radius 2 is 1.25 bits per heavy atom. The summed E-state index contributed by atoms with van der Waals surface area (Å²) >= 11 is 0. The molecule has 8 aliphatic carbocycles.